The van der Waals surface area contributed by atoms with E-state index in [1.54, 1.807) is 6.07 Å². The molecule has 162 valence electrons. The van der Waals surface area contributed by atoms with Gasteiger partial charge in [-0.15, -0.1) is 0 Å². The molecule has 1 aliphatic rings. The lowest BCUT2D eigenvalue weighted by Gasteiger charge is -2.31. The van der Waals surface area contributed by atoms with E-state index in [-0.39, 0.29) is 25.3 Å². The number of carbonyl (C=O) groups excluding carboxylic acids is 2. The molecule has 0 saturated carbocycles. The number of hydrogen-bond acceptors (Lipinski definition) is 3. The van der Waals surface area contributed by atoms with Crippen LogP contribution in [-0.4, -0.2) is 54.8 Å². The number of likely N-dealkylation sites (tertiary alicyclic amines) is 1. The van der Waals surface area contributed by atoms with Crippen LogP contribution in [0.5, 0.6) is 5.75 Å². The first-order chi connectivity index (χ1) is 13.4. The molecule has 6 nitrogen and oxygen atoms in total. The SMILES string of the molecule is CC(C)(C)C(COc1ccccc1F)NC(=O)NC1CCN(CC(F)(F)F)C1=O. The second-order valence-corrected chi connectivity index (χ2v) is 7.99. The molecule has 0 aromatic heterocycles. The fraction of sp³-hybridized carbons (Fsp3) is 0.579. The van der Waals surface area contributed by atoms with Gasteiger partial charge in [-0.05, 0) is 24.0 Å². The van der Waals surface area contributed by atoms with E-state index < -0.39 is 48.0 Å². The molecule has 1 aromatic rings. The Labute approximate surface area is 166 Å². The molecular formula is C19H25F4N3O3. The third kappa shape index (κ3) is 6.79. The number of alkyl halides is 3. The number of hydrogen-bond donors (Lipinski definition) is 2. The molecule has 1 aliphatic heterocycles. The summed E-state index contributed by atoms with van der Waals surface area (Å²) in [4.78, 5) is 25.1. The largest absolute Gasteiger partial charge is 0.488 e. The van der Waals surface area contributed by atoms with Crippen LogP contribution in [0.1, 0.15) is 27.2 Å². The maximum Gasteiger partial charge on any atom is 0.406 e. The highest BCUT2D eigenvalue weighted by atomic mass is 19.4. The first-order valence-corrected chi connectivity index (χ1v) is 9.17. The van der Waals surface area contributed by atoms with E-state index in [1.807, 2.05) is 20.8 Å². The van der Waals surface area contributed by atoms with Crippen molar-refractivity contribution in [1.29, 1.82) is 0 Å². The number of carbonyl (C=O) groups is 2. The second kappa shape index (κ2) is 8.87. The molecule has 2 rings (SSSR count). The van der Waals surface area contributed by atoms with Crippen molar-refractivity contribution in [2.24, 2.45) is 5.41 Å². The predicted octanol–water partition coefficient (Wildman–Crippen LogP) is 3.08. The number of ether oxygens (including phenoxy) is 1. The molecule has 1 saturated heterocycles. The van der Waals surface area contributed by atoms with Crippen LogP contribution in [0.2, 0.25) is 0 Å². The van der Waals surface area contributed by atoms with Crippen molar-refractivity contribution in [3.63, 3.8) is 0 Å². The maximum atomic E-state index is 13.7. The minimum Gasteiger partial charge on any atom is -0.488 e. The third-order valence-electron chi connectivity index (χ3n) is 4.57. The lowest BCUT2D eigenvalue weighted by molar-refractivity contribution is -0.157. The van der Waals surface area contributed by atoms with Crippen LogP contribution >= 0.6 is 0 Å². The zero-order valence-electron chi connectivity index (χ0n) is 16.5. The van der Waals surface area contributed by atoms with Crippen molar-refractivity contribution < 1.29 is 31.9 Å². The van der Waals surface area contributed by atoms with Gasteiger partial charge in [-0.25, -0.2) is 9.18 Å². The molecule has 1 fully saturated rings. The highest BCUT2D eigenvalue weighted by Crippen LogP contribution is 2.23. The van der Waals surface area contributed by atoms with E-state index in [2.05, 4.69) is 10.6 Å². The number of rotatable bonds is 6. The summed E-state index contributed by atoms with van der Waals surface area (Å²) in [6.07, 6.45) is -4.40. The Morgan fingerprint density at radius 1 is 1.28 bits per heavy atom. The summed E-state index contributed by atoms with van der Waals surface area (Å²) in [5.41, 5.74) is -0.468. The van der Waals surface area contributed by atoms with Crippen LogP contribution in [0.4, 0.5) is 22.4 Å². The molecule has 0 aliphatic carbocycles. The van der Waals surface area contributed by atoms with Gasteiger partial charge in [0.15, 0.2) is 11.6 Å². The standard InChI is InChI=1S/C19H25F4N3O3/c1-18(2,3)15(10-29-14-7-5-4-6-12(14)20)25-17(28)24-13-8-9-26(16(13)27)11-19(21,22)23/h4-7,13,15H,8-11H2,1-3H3,(H2,24,25,28). The number of para-hydroxylation sites is 1. The first-order valence-electron chi connectivity index (χ1n) is 9.17. The molecule has 1 aromatic carbocycles. The summed E-state index contributed by atoms with van der Waals surface area (Å²) >= 11 is 0. The quantitative estimate of drug-likeness (QED) is 0.697. The van der Waals surface area contributed by atoms with Crippen molar-refractivity contribution in [2.75, 3.05) is 19.7 Å². The minimum absolute atomic E-state index is 0.0311. The lowest BCUT2D eigenvalue weighted by atomic mass is 9.87. The topological polar surface area (TPSA) is 70.7 Å². The van der Waals surface area contributed by atoms with Crippen LogP contribution in [-0.2, 0) is 4.79 Å². The van der Waals surface area contributed by atoms with Crippen molar-refractivity contribution in [3.8, 4) is 5.75 Å². The van der Waals surface area contributed by atoms with Gasteiger partial charge in [0.05, 0.1) is 6.04 Å². The zero-order chi connectivity index (χ0) is 21.8. The normalized spacial score (nSPS) is 18.5. The number of nitrogens with one attached hydrogen (secondary N) is 2. The van der Waals surface area contributed by atoms with Gasteiger partial charge < -0.3 is 20.3 Å². The zero-order valence-corrected chi connectivity index (χ0v) is 16.5. The molecule has 2 N–H and O–H groups in total. The maximum absolute atomic E-state index is 13.7. The van der Waals surface area contributed by atoms with Crippen molar-refractivity contribution >= 4 is 11.9 Å². The van der Waals surface area contributed by atoms with Crippen LogP contribution < -0.4 is 15.4 Å². The number of halogens is 4. The summed E-state index contributed by atoms with van der Waals surface area (Å²) in [5, 5.41) is 5.09. The molecule has 3 amide bonds. The van der Waals surface area contributed by atoms with Crippen LogP contribution in [0.25, 0.3) is 0 Å². The number of nitrogens with zero attached hydrogens (tertiary/aromatic N) is 1. The van der Waals surface area contributed by atoms with Crippen LogP contribution in [0.3, 0.4) is 0 Å². The molecular weight excluding hydrogens is 394 g/mol. The van der Waals surface area contributed by atoms with Crippen molar-refractivity contribution in [3.05, 3.63) is 30.1 Å². The van der Waals surface area contributed by atoms with Crippen LogP contribution in [0, 0.1) is 11.2 Å². The fourth-order valence-corrected chi connectivity index (χ4v) is 2.85. The average Bonchev–Trinajstić information content (AvgIpc) is 2.90. The second-order valence-electron chi connectivity index (χ2n) is 7.99. The lowest BCUT2D eigenvalue weighted by Crippen LogP contribution is -2.54. The number of benzene rings is 1. The predicted molar refractivity (Wildman–Crippen MR) is 97.8 cm³/mol. The Hall–Kier alpha value is -2.52. The first kappa shape index (κ1) is 22.8. The van der Waals surface area contributed by atoms with Gasteiger partial charge in [-0.3, -0.25) is 4.79 Å². The van der Waals surface area contributed by atoms with E-state index >= 15 is 0 Å². The van der Waals surface area contributed by atoms with Gasteiger partial charge in [-0.1, -0.05) is 32.9 Å². The minimum atomic E-state index is -4.49. The highest BCUT2D eigenvalue weighted by molar-refractivity contribution is 5.88. The molecule has 0 radical (unpaired) electrons. The summed E-state index contributed by atoms with van der Waals surface area (Å²) in [6.45, 7) is 4.07. The Morgan fingerprint density at radius 3 is 2.52 bits per heavy atom. The molecule has 10 heteroatoms. The Bertz CT molecular complexity index is 734. The van der Waals surface area contributed by atoms with E-state index in [1.165, 1.54) is 18.2 Å². The summed E-state index contributed by atoms with van der Waals surface area (Å²) in [7, 11) is 0. The van der Waals surface area contributed by atoms with Gasteiger partial charge >= 0.3 is 12.2 Å². The molecule has 0 bridgehead atoms. The Kier molecular flexibility index (Phi) is 6.97. The van der Waals surface area contributed by atoms with E-state index in [0.717, 1.165) is 0 Å². The monoisotopic (exact) mass is 419 g/mol. The van der Waals surface area contributed by atoms with Gasteiger partial charge in [0.1, 0.15) is 19.2 Å². The van der Waals surface area contributed by atoms with Gasteiger partial charge in [0.2, 0.25) is 5.91 Å². The summed E-state index contributed by atoms with van der Waals surface area (Å²) in [5.74, 6) is -1.27. The number of urea groups is 1. The third-order valence-corrected chi connectivity index (χ3v) is 4.57. The summed E-state index contributed by atoms with van der Waals surface area (Å²) in [6, 6.07) is 3.57. The molecule has 2 unspecified atom stereocenters. The van der Waals surface area contributed by atoms with Crippen LogP contribution in [0.15, 0.2) is 24.3 Å². The smallest absolute Gasteiger partial charge is 0.406 e. The van der Waals surface area contributed by atoms with Gasteiger partial charge in [0, 0.05) is 6.54 Å². The van der Waals surface area contributed by atoms with Gasteiger partial charge in [0.25, 0.3) is 0 Å². The van der Waals surface area contributed by atoms with E-state index in [9.17, 15) is 27.2 Å². The van der Waals surface area contributed by atoms with Crippen molar-refractivity contribution in [2.45, 2.75) is 45.5 Å². The molecule has 1 heterocycles. The highest BCUT2D eigenvalue weighted by Gasteiger charge is 2.40. The Balaban J connectivity index is 1.93. The van der Waals surface area contributed by atoms with Gasteiger partial charge in [-0.2, -0.15) is 13.2 Å². The fourth-order valence-electron chi connectivity index (χ4n) is 2.85. The average molecular weight is 419 g/mol. The molecule has 29 heavy (non-hydrogen) atoms. The van der Waals surface area contributed by atoms with E-state index in [0.29, 0.717) is 4.90 Å². The number of amides is 3. The van der Waals surface area contributed by atoms with Crippen molar-refractivity contribution in [1.82, 2.24) is 15.5 Å². The Morgan fingerprint density at radius 2 is 1.93 bits per heavy atom. The molecule has 2 atom stereocenters. The summed E-state index contributed by atoms with van der Waals surface area (Å²) < 4.78 is 56.7. The molecule has 0 spiro atoms. The van der Waals surface area contributed by atoms with E-state index in [4.69, 9.17) is 4.74 Å².